The Morgan fingerprint density at radius 1 is 1.19 bits per heavy atom. The molecule has 1 aliphatic rings. The van der Waals surface area contributed by atoms with Crippen molar-refractivity contribution in [1.29, 1.82) is 0 Å². The summed E-state index contributed by atoms with van der Waals surface area (Å²) in [5.41, 5.74) is 2.62. The van der Waals surface area contributed by atoms with Gasteiger partial charge >= 0.3 is 0 Å². The highest BCUT2D eigenvalue weighted by Gasteiger charge is 2.17. The molecule has 0 unspecified atom stereocenters. The maximum absolute atomic E-state index is 12.5. The fraction of sp³-hybridized carbons (Fsp3) is 0.368. The first-order valence-electron chi connectivity index (χ1n) is 8.92. The molecule has 142 valence electrons. The number of carbonyl (C=O) groups is 3. The molecule has 2 heterocycles. The molecule has 8 heteroatoms. The lowest BCUT2D eigenvalue weighted by atomic mass is 10.1. The second-order valence-corrected chi connectivity index (χ2v) is 6.91. The van der Waals surface area contributed by atoms with Crippen LogP contribution in [0.1, 0.15) is 42.7 Å². The smallest absolute Gasteiger partial charge is 0.276 e. The first-order valence-corrected chi connectivity index (χ1v) is 8.92. The third-order valence-corrected chi connectivity index (χ3v) is 4.38. The van der Waals surface area contributed by atoms with Crippen LogP contribution in [0.5, 0.6) is 0 Å². The second kappa shape index (κ2) is 7.61. The van der Waals surface area contributed by atoms with Crippen molar-refractivity contribution in [1.82, 2.24) is 9.78 Å². The molecular formula is C19H23N5O3. The number of nitrogens with zero attached hydrogens (tertiary/aromatic N) is 2. The van der Waals surface area contributed by atoms with Gasteiger partial charge in [-0.25, -0.2) is 0 Å². The molecule has 1 aromatic heterocycles. The molecule has 2 aromatic rings. The zero-order chi connectivity index (χ0) is 19.6. The first kappa shape index (κ1) is 18.6. The van der Waals surface area contributed by atoms with Gasteiger partial charge in [0.15, 0.2) is 5.69 Å². The molecule has 8 nitrogen and oxygen atoms in total. The molecule has 0 bridgehead atoms. The summed E-state index contributed by atoms with van der Waals surface area (Å²) in [5, 5.41) is 12.6. The molecule has 0 fully saturated rings. The highest BCUT2D eigenvalue weighted by Crippen LogP contribution is 2.25. The Balaban J connectivity index is 1.73. The van der Waals surface area contributed by atoms with E-state index in [2.05, 4.69) is 21.0 Å². The van der Waals surface area contributed by atoms with Gasteiger partial charge in [-0.3, -0.25) is 19.1 Å². The summed E-state index contributed by atoms with van der Waals surface area (Å²) < 4.78 is 1.46. The highest BCUT2D eigenvalue weighted by molar-refractivity contribution is 6.04. The summed E-state index contributed by atoms with van der Waals surface area (Å²) in [6.45, 7) is 3.58. The number of aryl methyl sites for hydroxylation is 2. The van der Waals surface area contributed by atoms with Gasteiger partial charge in [0.25, 0.3) is 5.91 Å². The summed E-state index contributed by atoms with van der Waals surface area (Å²) in [5.74, 6) is -0.207. The van der Waals surface area contributed by atoms with E-state index in [1.807, 2.05) is 6.07 Å². The van der Waals surface area contributed by atoms with Gasteiger partial charge < -0.3 is 16.0 Å². The minimum Gasteiger partial charge on any atom is -0.326 e. The van der Waals surface area contributed by atoms with Crippen LogP contribution in [0.3, 0.4) is 0 Å². The van der Waals surface area contributed by atoms with Gasteiger partial charge in [0, 0.05) is 36.8 Å². The van der Waals surface area contributed by atoms with E-state index in [1.54, 1.807) is 39.1 Å². The topological polar surface area (TPSA) is 105 Å². The number of benzene rings is 1. The molecule has 0 radical (unpaired) electrons. The molecular weight excluding hydrogens is 346 g/mol. The molecule has 1 aromatic carbocycles. The maximum Gasteiger partial charge on any atom is 0.276 e. The lowest BCUT2D eigenvalue weighted by Gasteiger charge is -2.10. The molecule has 3 amide bonds. The highest BCUT2D eigenvalue weighted by atomic mass is 16.2. The van der Waals surface area contributed by atoms with Crippen LogP contribution < -0.4 is 16.0 Å². The van der Waals surface area contributed by atoms with E-state index in [9.17, 15) is 14.4 Å². The zero-order valence-corrected chi connectivity index (χ0v) is 15.6. The summed E-state index contributed by atoms with van der Waals surface area (Å²) in [6, 6.07) is 6.94. The monoisotopic (exact) mass is 369 g/mol. The molecule has 27 heavy (non-hydrogen) atoms. The molecule has 0 saturated carbocycles. The number of nitrogens with one attached hydrogen (secondary N) is 3. The third kappa shape index (κ3) is 4.33. The van der Waals surface area contributed by atoms with Gasteiger partial charge in [0.1, 0.15) is 5.82 Å². The van der Waals surface area contributed by atoms with Crippen LogP contribution >= 0.6 is 0 Å². The Kier molecular flexibility index (Phi) is 5.25. The van der Waals surface area contributed by atoms with Crippen molar-refractivity contribution in [3.05, 3.63) is 35.5 Å². The van der Waals surface area contributed by atoms with Crippen molar-refractivity contribution >= 4 is 34.9 Å². The standard InChI is InChI=1S/C19H23N5O3/c1-11(2)18(26)22-16-10-15(23-24(16)3)19(27)20-13-7-8-14-12(9-13)5-4-6-17(25)21-14/h7-11H,4-6H2,1-3H3,(H,20,27)(H,21,25)(H,22,26). The normalized spacial score (nSPS) is 13.6. The van der Waals surface area contributed by atoms with Gasteiger partial charge in [0.2, 0.25) is 11.8 Å². The fourth-order valence-electron chi connectivity index (χ4n) is 2.81. The van der Waals surface area contributed by atoms with Crippen LogP contribution in [0.2, 0.25) is 0 Å². The Bertz CT molecular complexity index is 901. The minimum atomic E-state index is -0.367. The van der Waals surface area contributed by atoms with E-state index >= 15 is 0 Å². The van der Waals surface area contributed by atoms with Crippen molar-refractivity contribution in [2.45, 2.75) is 33.1 Å². The Morgan fingerprint density at radius 3 is 2.70 bits per heavy atom. The number of amides is 3. The average Bonchev–Trinajstić information content (AvgIpc) is 2.86. The number of aromatic nitrogens is 2. The molecule has 3 rings (SSSR count). The SMILES string of the molecule is CC(C)C(=O)Nc1cc(C(=O)Nc2ccc3c(c2)CCCC(=O)N3)nn1C. The second-order valence-electron chi connectivity index (χ2n) is 6.91. The van der Waals surface area contributed by atoms with Gasteiger partial charge in [-0.15, -0.1) is 0 Å². The predicted octanol–water partition coefficient (Wildman–Crippen LogP) is 2.54. The van der Waals surface area contributed by atoms with Gasteiger partial charge in [-0.05, 0) is 36.6 Å². The minimum absolute atomic E-state index is 0.00925. The van der Waals surface area contributed by atoms with E-state index in [1.165, 1.54) is 4.68 Å². The van der Waals surface area contributed by atoms with Crippen LogP contribution in [0.15, 0.2) is 24.3 Å². The van der Waals surface area contributed by atoms with Gasteiger partial charge in [-0.1, -0.05) is 13.8 Å². The van der Waals surface area contributed by atoms with Crippen molar-refractivity contribution in [2.75, 3.05) is 16.0 Å². The van der Waals surface area contributed by atoms with Crippen LogP contribution in [-0.4, -0.2) is 27.5 Å². The van der Waals surface area contributed by atoms with Crippen molar-refractivity contribution in [3.8, 4) is 0 Å². The molecule has 0 saturated heterocycles. The molecule has 1 aliphatic heterocycles. The fourth-order valence-corrected chi connectivity index (χ4v) is 2.81. The van der Waals surface area contributed by atoms with Crippen molar-refractivity contribution in [3.63, 3.8) is 0 Å². The van der Waals surface area contributed by atoms with Gasteiger partial charge in [0.05, 0.1) is 0 Å². The largest absolute Gasteiger partial charge is 0.326 e. The van der Waals surface area contributed by atoms with Crippen LogP contribution in [0.4, 0.5) is 17.2 Å². The number of fused-ring (bicyclic) bond motifs is 1. The van der Waals surface area contributed by atoms with Gasteiger partial charge in [-0.2, -0.15) is 5.10 Å². The van der Waals surface area contributed by atoms with Crippen molar-refractivity contribution in [2.24, 2.45) is 13.0 Å². The Morgan fingerprint density at radius 2 is 1.96 bits per heavy atom. The number of anilines is 3. The summed E-state index contributed by atoms with van der Waals surface area (Å²) in [6.07, 6.45) is 2.04. The van der Waals surface area contributed by atoms with Crippen LogP contribution in [0, 0.1) is 5.92 Å². The van der Waals surface area contributed by atoms with E-state index in [0.29, 0.717) is 17.9 Å². The zero-order valence-electron chi connectivity index (χ0n) is 15.6. The summed E-state index contributed by atoms with van der Waals surface area (Å²) in [4.78, 5) is 36.0. The van der Waals surface area contributed by atoms with E-state index in [4.69, 9.17) is 0 Å². The van der Waals surface area contributed by atoms with Crippen LogP contribution in [0.25, 0.3) is 0 Å². The Labute approximate surface area is 157 Å². The first-order chi connectivity index (χ1) is 12.8. The molecule has 0 atom stereocenters. The van der Waals surface area contributed by atoms with E-state index in [-0.39, 0.29) is 29.3 Å². The molecule has 0 spiro atoms. The lowest BCUT2D eigenvalue weighted by molar-refractivity contribution is -0.119. The number of hydrogen-bond acceptors (Lipinski definition) is 4. The third-order valence-electron chi connectivity index (χ3n) is 4.38. The Hall–Kier alpha value is -3.16. The predicted molar refractivity (Wildman–Crippen MR) is 103 cm³/mol. The number of hydrogen-bond donors (Lipinski definition) is 3. The van der Waals surface area contributed by atoms with Crippen LogP contribution in [-0.2, 0) is 23.1 Å². The quantitative estimate of drug-likeness (QED) is 0.770. The van der Waals surface area contributed by atoms with Crippen molar-refractivity contribution < 1.29 is 14.4 Å². The molecule has 0 aliphatic carbocycles. The van der Waals surface area contributed by atoms with E-state index < -0.39 is 0 Å². The van der Waals surface area contributed by atoms with E-state index in [0.717, 1.165) is 24.1 Å². The summed E-state index contributed by atoms with van der Waals surface area (Å²) >= 11 is 0. The number of carbonyl (C=O) groups excluding carboxylic acids is 3. The lowest BCUT2D eigenvalue weighted by Crippen LogP contribution is -2.19. The number of rotatable bonds is 4. The maximum atomic E-state index is 12.5. The summed E-state index contributed by atoms with van der Waals surface area (Å²) in [7, 11) is 1.66. The average molecular weight is 369 g/mol. The molecule has 3 N–H and O–H groups in total.